The maximum Gasteiger partial charge on any atom is 0.265 e. The molecule has 2 aromatic carbocycles. The Labute approximate surface area is 179 Å². The standard InChI is InChI=1S/C23H23N3O5/c1-3-4-11-25-18-12-15(9-10-19(18)31-13-20(25)27)24-21(28)14(2)26-22(29)16-7-5-6-8-17(16)23(26)30/h5-10,12,14H,3-4,11,13H2,1-2H3,(H,24,28). The SMILES string of the molecule is CCCCN1C(=O)COc2ccc(NC(=O)C(C)N3C(=O)c4ccccc4C3=O)cc21. The molecule has 0 saturated heterocycles. The third-order valence-corrected chi connectivity index (χ3v) is 5.50. The Morgan fingerprint density at radius 2 is 1.77 bits per heavy atom. The lowest BCUT2D eigenvalue weighted by molar-refractivity contribution is -0.121. The van der Waals surface area contributed by atoms with Crippen LogP contribution in [0.4, 0.5) is 11.4 Å². The topological polar surface area (TPSA) is 96.0 Å². The molecule has 160 valence electrons. The Bertz CT molecular complexity index is 1050. The highest BCUT2D eigenvalue weighted by molar-refractivity contribution is 6.23. The lowest BCUT2D eigenvalue weighted by Crippen LogP contribution is -2.45. The Morgan fingerprint density at radius 3 is 2.42 bits per heavy atom. The van der Waals surface area contributed by atoms with Crippen LogP contribution in [0.1, 0.15) is 47.4 Å². The highest BCUT2D eigenvalue weighted by Gasteiger charge is 2.40. The molecule has 4 amide bonds. The summed E-state index contributed by atoms with van der Waals surface area (Å²) in [5.41, 5.74) is 1.63. The molecule has 2 aliphatic rings. The van der Waals surface area contributed by atoms with Gasteiger partial charge in [-0.05, 0) is 43.7 Å². The number of unbranched alkanes of at least 4 members (excludes halogenated alkanes) is 1. The predicted octanol–water partition coefficient (Wildman–Crippen LogP) is 2.84. The van der Waals surface area contributed by atoms with Crippen molar-refractivity contribution in [3.63, 3.8) is 0 Å². The van der Waals surface area contributed by atoms with Gasteiger partial charge in [-0.2, -0.15) is 0 Å². The van der Waals surface area contributed by atoms with Crippen LogP contribution in [0, 0.1) is 0 Å². The quantitative estimate of drug-likeness (QED) is 0.724. The van der Waals surface area contributed by atoms with Crippen molar-refractivity contribution in [3.8, 4) is 5.75 Å². The molecule has 0 saturated carbocycles. The fraction of sp³-hybridized carbons (Fsp3) is 0.304. The summed E-state index contributed by atoms with van der Waals surface area (Å²) >= 11 is 0. The van der Waals surface area contributed by atoms with Crippen molar-refractivity contribution in [2.24, 2.45) is 0 Å². The molecule has 0 radical (unpaired) electrons. The monoisotopic (exact) mass is 421 g/mol. The van der Waals surface area contributed by atoms with E-state index in [1.807, 2.05) is 6.92 Å². The van der Waals surface area contributed by atoms with E-state index in [1.165, 1.54) is 6.92 Å². The van der Waals surface area contributed by atoms with Gasteiger partial charge in [0.15, 0.2) is 6.61 Å². The van der Waals surface area contributed by atoms with Crippen molar-refractivity contribution < 1.29 is 23.9 Å². The second kappa shape index (κ2) is 8.22. The summed E-state index contributed by atoms with van der Waals surface area (Å²) in [6.45, 7) is 4.10. The Morgan fingerprint density at radius 1 is 1.10 bits per heavy atom. The average molecular weight is 421 g/mol. The first-order chi connectivity index (χ1) is 14.9. The van der Waals surface area contributed by atoms with Crippen LogP contribution in [-0.2, 0) is 9.59 Å². The molecule has 0 fully saturated rings. The second-order valence-electron chi connectivity index (χ2n) is 7.56. The Hall–Kier alpha value is -3.68. The molecule has 2 aromatic rings. The van der Waals surface area contributed by atoms with Crippen molar-refractivity contribution in [3.05, 3.63) is 53.6 Å². The van der Waals surface area contributed by atoms with Crippen LogP contribution in [0.15, 0.2) is 42.5 Å². The van der Waals surface area contributed by atoms with Gasteiger partial charge >= 0.3 is 0 Å². The van der Waals surface area contributed by atoms with Crippen molar-refractivity contribution in [2.75, 3.05) is 23.4 Å². The van der Waals surface area contributed by atoms with Crippen LogP contribution < -0.4 is 15.0 Å². The number of carbonyl (C=O) groups excluding carboxylic acids is 4. The number of nitrogens with one attached hydrogen (secondary N) is 1. The normalized spacial score (nSPS) is 16.0. The predicted molar refractivity (Wildman–Crippen MR) is 114 cm³/mol. The van der Waals surface area contributed by atoms with E-state index >= 15 is 0 Å². The van der Waals surface area contributed by atoms with E-state index in [4.69, 9.17) is 4.74 Å². The van der Waals surface area contributed by atoms with E-state index in [1.54, 1.807) is 47.4 Å². The van der Waals surface area contributed by atoms with Crippen molar-refractivity contribution >= 4 is 35.0 Å². The maximum absolute atomic E-state index is 12.9. The minimum Gasteiger partial charge on any atom is -0.482 e. The van der Waals surface area contributed by atoms with Crippen LogP contribution in [0.2, 0.25) is 0 Å². The molecule has 2 heterocycles. The fourth-order valence-electron chi connectivity index (χ4n) is 3.76. The second-order valence-corrected chi connectivity index (χ2v) is 7.56. The van der Waals surface area contributed by atoms with Crippen molar-refractivity contribution in [1.29, 1.82) is 0 Å². The third kappa shape index (κ3) is 3.65. The molecule has 0 aliphatic carbocycles. The number of nitrogens with zero attached hydrogens (tertiary/aromatic N) is 2. The molecular weight excluding hydrogens is 398 g/mol. The molecule has 8 heteroatoms. The first-order valence-electron chi connectivity index (χ1n) is 10.3. The number of fused-ring (bicyclic) bond motifs is 2. The van der Waals surface area contributed by atoms with E-state index in [0.29, 0.717) is 34.8 Å². The van der Waals surface area contributed by atoms with Crippen LogP contribution >= 0.6 is 0 Å². The lowest BCUT2D eigenvalue weighted by atomic mass is 10.1. The highest BCUT2D eigenvalue weighted by atomic mass is 16.5. The zero-order chi connectivity index (χ0) is 22.1. The molecule has 2 aliphatic heterocycles. The largest absolute Gasteiger partial charge is 0.482 e. The van der Waals surface area contributed by atoms with Crippen molar-refractivity contribution in [2.45, 2.75) is 32.7 Å². The van der Waals surface area contributed by atoms with Gasteiger partial charge in [0, 0.05) is 12.2 Å². The van der Waals surface area contributed by atoms with E-state index in [2.05, 4.69) is 5.32 Å². The molecule has 8 nitrogen and oxygen atoms in total. The Kier molecular flexibility index (Phi) is 5.46. The van der Waals surface area contributed by atoms with Crippen LogP contribution in [0.3, 0.4) is 0 Å². The van der Waals surface area contributed by atoms with Crippen LogP contribution in [-0.4, -0.2) is 47.7 Å². The highest BCUT2D eigenvalue weighted by Crippen LogP contribution is 2.35. The van der Waals surface area contributed by atoms with Gasteiger partial charge in [-0.1, -0.05) is 25.5 Å². The molecule has 0 aromatic heterocycles. The van der Waals surface area contributed by atoms with Crippen molar-refractivity contribution in [1.82, 2.24) is 4.90 Å². The number of carbonyl (C=O) groups is 4. The minimum atomic E-state index is -1.00. The van der Waals surface area contributed by atoms with Gasteiger partial charge in [-0.25, -0.2) is 0 Å². The van der Waals surface area contributed by atoms with Gasteiger partial charge in [-0.15, -0.1) is 0 Å². The number of amides is 4. The van der Waals surface area contributed by atoms with Gasteiger partial charge < -0.3 is 15.0 Å². The molecule has 0 spiro atoms. The summed E-state index contributed by atoms with van der Waals surface area (Å²) in [4.78, 5) is 53.1. The summed E-state index contributed by atoms with van der Waals surface area (Å²) in [6.07, 6.45) is 1.78. The molecular formula is C23H23N3O5. The fourth-order valence-corrected chi connectivity index (χ4v) is 3.76. The lowest BCUT2D eigenvalue weighted by Gasteiger charge is -2.30. The molecule has 1 atom stereocenters. The van der Waals surface area contributed by atoms with Gasteiger partial charge in [-0.3, -0.25) is 24.1 Å². The number of benzene rings is 2. The van der Waals surface area contributed by atoms with Gasteiger partial charge in [0.05, 0.1) is 16.8 Å². The number of rotatable bonds is 6. The van der Waals surface area contributed by atoms with Crippen LogP contribution in [0.25, 0.3) is 0 Å². The molecule has 0 bridgehead atoms. The summed E-state index contributed by atoms with van der Waals surface area (Å²) < 4.78 is 5.50. The Balaban J connectivity index is 1.53. The smallest absolute Gasteiger partial charge is 0.265 e. The number of ether oxygens (including phenoxy) is 1. The third-order valence-electron chi connectivity index (χ3n) is 5.50. The zero-order valence-electron chi connectivity index (χ0n) is 17.4. The zero-order valence-corrected chi connectivity index (χ0v) is 17.4. The van der Waals surface area contributed by atoms with E-state index < -0.39 is 23.8 Å². The number of hydrogen-bond acceptors (Lipinski definition) is 5. The van der Waals surface area contributed by atoms with Gasteiger partial charge in [0.1, 0.15) is 11.8 Å². The summed E-state index contributed by atoms with van der Waals surface area (Å²) in [7, 11) is 0. The summed E-state index contributed by atoms with van der Waals surface area (Å²) in [5.74, 6) is -1.04. The number of hydrogen-bond donors (Lipinski definition) is 1. The average Bonchev–Trinajstić information content (AvgIpc) is 3.03. The summed E-state index contributed by atoms with van der Waals surface area (Å²) in [5, 5.41) is 2.75. The first-order valence-corrected chi connectivity index (χ1v) is 10.3. The van der Waals surface area contributed by atoms with E-state index in [0.717, 1.165) is 17.7 Å². The van der Waals surface area contributed by atoms with E-state index in [-0.39, 0.29) is 12.5 Å². The van der Waals surface area contributed by atoms with Crippen LogP contribution in [0.5, 0.6) is 5.75 Å². The minimum absolute atomic E-state index is 0.0147. The molecule has 1 unspecified atom stereocenters. The molecule has 1 N–H and O–H groups in total. The first kappa shape index (κ1) is 20.6. The maximum atomic E-state index is 12.9. The number of anilines is 2. The number of imide groups is 1. The van der Waals surface area contributed by atoms with Gasteiger partial charge in [0.2, 0.25) is 5.91 Å². The van der Waals surface area contributed by atoms with E-state index in [9.17, 15) is 19.2 Å². The van der Waals surface area contributed by atoms with Gasteiger partial charge in [0.25, 0.3) is 17.7 Å². The molecule has 31 heavy (non-hydrogen) atoms. The molecule has 4 rings (SSSR count). The summed E-state index contributed by atoms with van der Waals surface area (Å²) in [6, 6.07) is 10.5.